The van der Waals surface area contributed by atoms with E-state index in [1.54, 1.807) is 12.1 Å². The van der Waals surface area contributed by atoms with Crippen LogP contribution >= 0.6 is 0 Å². The molecule has 4 N–H and O–H groups in total. The topological polar surface area (TPSA) is 110 Å². The third-order valence-corrected chi connectivity index (χ3v) is 2.66. The van der Waals surface area contributed by atoms with Gasteiger partial charge in [-0.05, 0) is 19.4 Å². The standard InChI is InChI=1S/C13H20N4O3/c1-3-5-10(12(14)17-19)13(18)16-9-6-7-11(15-8-9)20-4-2/h6-8,10,19H,3-5H2,1-2H3,(H2,14,17)(H,16,18). The first-order valence-electron chi connectivity index (χ1n) is 6.49. The zero-order valence-corrected chi connectivity index (χ0v) is 11.7. The Bertz CT molecular complexity index is 459. The van der Waals surface area contributed by atoms with E-state index in [1.165, 1.54) is 6.20 Å². The van der Waals surface area contributed by atoms with Crippen LogP contribution in [0.25, 0.3) is 0 Å². The molecule has 0 fully saturated rings. The van der Waals surface area contributed by atoms with Crippen molar-refractivity contribution in [1.82, 2.24) is 4.98 Å². The molecule has 0 radical (unpaired) electrons. The van der Waals surface area contributed by atoms with Gasteiger partial charge in [-0.2, -0.15) is 0 Å². The number of carbonyl (C=O) groups is 1. The summed E-state index contributed by atoms with van der Waals surface area (Å²) in [5.41, 5.74) is 6.06. The monoisotopic (exact) mass is 280 g/mol. The molecule has 1 amide bonds. The van der Waals surface area contributed by atoms with E-state index in [0.29, 0.717) is 24.6 Å². The molecule has 0 bridgehead atoms. The van der Waals surface area contributed by atoms with Gasteiger partial charge in [-0.15, -0.1) is 0 Å². The lowest BCUT2D eigenvalue weighted by atomic mass is 10.0. The van der Waals surface area contributed by atoms with Gasteiger partial charge in [-0.25, -0.2) is 4.98 Å². The second-order valence-corrected chi connectivity index (χ2v) is 4.17. The Hall–Kier alpha value is -2.31. The van der Waals surface area contributed by atoms with Gasteiger partial charge in [0, 0.05) is 6.07 Å². The molecule has 1 unspecified atom stereocenters. The highest BCUT2D eigenvalue weighted by Gasteiger charge is 2.22. The normalized spacial score (nSPS) is 12.8. The quantitative estimate of drug-likeness (QED) is 0.304. The van der Waals surface area contributed by atoms with Crippen LogP contribution < -0.4 is 15.8 Å². The molecule has 1 rings (SSSR count). The summed E-state index contributed by atoms with van der Waals surface area (Å²) in [7, 11) is 0. The summed E-state index contributed by atoms with van der Waals surface area (Å²) in [5, 5.41) is 14.3. The lowest BCUT2D eigenvalue weighted by molar-refractivity contribution is -0.118. The molecule has 1 heterocycles. The van der Waals surface area contributed by atoms with Crippen LogP contribution in [0, 0.1) is 5.92 Å². The van der Waals surface area contributed by atoms with Crippen molar-refractivity contribution in [2.45, 2.75) is 26.7 Å². The fourth-order valence-electron chi connectivity index (χ4n) is 1.69. The minimum Gasteiger partial charge on any atom is -0.478 e. The van der Waals surface area contributed by atoms with Gasteiger partial charge in [0.2, 0.25) is 11.8 Å². The molecule has 1 aromatic rings. The third kappa shape index (κ3) is 4.42. The summed E-state index contributed by atoms with van der Waals surface area (Å²) < 4.78 is 5.21. The van der Waals surface area contributed by atoms with Crippen molar-refractivity contribution < 1.29 is 14.7 Å². The van der Waals surface area contributed by atoms with Gasteiger partial charge >= 0.3 is 0 Å². The lowest BCUT2D eigenvalue weighted by Gasteiger charge is -2.14. The SMILES string of the molecule is CCCC(C(=O)Nc1ccc(OCC)nc1)/C(N)=N/O. The van der Waals surface area contributed by atoms with E-state index in [4.69, 9.17) is 15.7 Å². The van der Waals surface area contributed by atoms with Gasteiger partial charge in [0.05, 0.1) is 24.4 Å². The minimum atomic E-state index is -0.656. The molecule has 7 heteroatoms. The number of aromatic nitrogens is 1. The second kappa shape index (κ2) is 7.98. The predicted molar refractivity (Wildman–Crippen MR) is 75.8 cm³/mol. The Kier molecular flexibility index (Phi) is 6.28. The highest BCUT2D eigenvalue weighted by Crippen LogP contribution is 2.14. The smallest absolute Gasteiger partial charge is 0.235 e. The highest BCUT2D eigenvalue weighted by molar-refractivity contribution is 6.07. The van der Waals surface area contributed by atoms with Crippen LogP contribution in [0.4, 0.5) is 5.69 Å². The van der Waals surface area contributed by atoms with E-state index in [1.807, 2.05) is 13.8 Å². The van der Waals surface area contributed by atoms with Crippen LogP contribution in [0.15, 0.2) is 23.5 Å². The molecule has 1 aromatic heterocycles. The Morgan fingerprint density at radius 2 is 2.30 bits per heavy atom. The van der Waals surface area contributed by atoms with Crippen molar-refractivity contribution in [2.75, 3.05) is 11.9 Å². The number of nitrogens with zero attached hydrogens (tertiary/aromatic N) is 2. The second-order valence-electron chi connectivity index (χ2n) is 4.17. The first kappa shape index (κ1) is 15.7. The summed E-state index contributed by atoms with van der Waals surface area (Å²) in [6.07, 6.45) is 2.75. The van der Waals surface area contributed by atoms with Crippen LogP contribution in [0.3, 0.4) is 0 Å². The number of hydrogen-bond donors (Lipinski definition) is 3. The molecule has 110 valence electrons. The Morgan fingerprint density at radius 3 is 2.80 bits per heavy atom. The molecule has 0 saturated heterocycles. The minimum absolute atomic E-state index is 0.0942. The van der Waals surface area contributed by atoms with E-state index < -0.39 is 5.92 Å². The van der Waals surface area contributed by atoms with Gasteiger partial charge in [-0.1, -0.05) is 18.5 Å². The van der Waals surface area contributed by atoms with Gasteiger partial charge in [0.1, 0.15) is 0 Å². The van der Waals surface area contributed by atoms with E-state index in [-0.39, 0.29) is 11.7 Å². The molecule has 0 aliphatic heterocycles. The van der Waals surface area contributed by atoms with Crippen LogP contribution in [0.2, 0.25) is 0 Å². The van der Waals surface area contributed by atoms with Gasteiger partial charge in [0.15, 0.2) is 5.84 Å². The molecule has 0 aliphatic carbocycles. The number of oxime groups is 1. The van der Waals surface area contributed by atoms with Crippen LogP contribution in [-0.2, 0) is 4.79 Å². The van der Waals surface area contributed by atoms with Crippen LogP contribution in [-0.4, -0.2) is 28.5 Å². The van der Waals surface area contributed by atoms with E-state index in [2.05, 4.69) is 15.5 Å². The summed E-state index contributed by atoms with van der Waals surface area (Å²) in [4.78, 5) is 16.1. The van der Waals surface area contributed by atoms with E-state index in [0.717, 1.165) is 6.42 Å². The Morgan fingerprint density at radius 1 is 1.55 bits per heavy atom. The molecule has 0 aromatic carbocycles. The number of ether oxygens (including phenoxy) is 1. The highest BCUT2D eigenvalue weighted by atomic mass is 16.5. The third-order valence-electron chi connectivity index (χ3n) is 2.66. The molecule has 0 saturated carbocycles. The summed E-state index contributed by atoms with van der Waals surface area (Å²) >= 11 is 0. The van der Waals surface area contributed by atoms with Crippen molar-refractivity contribution in [3.05, 3.63) is 18.3 Å². The number of hydrogen-bond acceptors (Lipinski definition) is 5. The molecular formula is C13H20N4O3. The molecule has 0 aliphatic rings. The van der Waals surface area contributed by atoms with Gasteiger partial charge in [-0.3, -0.25) is 4.79 Å². The number of amidine groups is 1. The fourth-order valence-corrected chi connectivity index (χ4v) is 1.69. The number of amides is 1. The zero-order chi connectivity index (χ0) is 15.0. The van der Waals surface area contributed by atoms with Crippen molar-refractivity contribution in [3.63, 3.8) is 0 Å². The maximum atomic E-state index is 12.1. The summed E-state index contributed by atoms with van der Waals surface area (Å²) in [6.45, 7) is 4.31. The fraction of sp³-hybridized carbons (Fsp3) is 0.462. The predicted octanol–water partition coefficient (Wildman–Crippen LogP) is 1.58. The number of nitrogens with two attached hydrogens (primary N) is 1. The Balaban J connectivity index is 2.72. The van der Waals surface area contributed by atoms with E-state index in [9.17, 15) is 4.79 Å². The molecule has 1 atom stereocenters. The van der Waals surface area contributed by atoms with E-state index >= 15 is 0 Å². The van der Waals surface area contributed by atoms with Crippen molar-refractivity contribution >= 4 is 17.4 Å². The van der Waals surface area contributed by atoms with Crippen molar-refractivity contribution in [3.8, 4) is 5.88 Å². The number of nitrogens with one attached hydrogen (secondary N) is 1. The Labute approximate surface area is 117 Å². The van der Waals surface area contributed by atoms with Gasteiger partial charge in [0.25, 0.3) is 0 Å². The average Bonchev–Trinajstić information content (AvgIpc) is 2.46. The lowest BCUT2D eigenvalue weighted by Crippen LogP contribution is -2.34. The molecule has 7 nitrogen and oxygen atoms in total. The maximum absolute atomic E-state index is 12.1. The number of anilines is 1. The number of rotatable bonds is 7. The molecule has 0 spiro atoms. The van der Waals surface area contributed by atoms with Crippen molar-refractivity contribution in [1.29, 1.82) is 0 Å². The van der Waals surface area contributed by atoms with Crippen LogP contribution in [0.1, 0.15) is 26.7 Å². The maximum Gasteiger partial charge on any atom is 0.235 e. The largest absolute Gasteiger partial charge is 0.478 e. The number of carbonyl (C=O) groups excluding carboxylic acids is 1. The molecule has 20 heavy (non-hydrogen) atoms. The average molecular weight is 280 g/mol. The van der Waals surface area contributed by atoms with Crippen LogP contribution in [0.5, 0.6) is 5.88 Å². The first-order valence-corrected chi connectivity index (χ1v) is 6.49. The van der Waals surface area contributed by atoms with Gasteiger partial charge < -0.3 is 21.0 Å². The first-order chi connectivity index (χ1) is 9.62. The molecular weight excluding hydrogens is 260 g/mol. The summed E-state index contributed by atoms with van der Waals surface area (Å²) in [6, 6.07) is 3.35. The summed E-state index contributed by atoms with van der Waals surface area (Å²) in [5.74, 6) is -0.583. The van der Waals surface area contributed by atoms with Crippen molar-refractivity contribution in [2.24, 2.45) is 16.8 Å². The zero-order valence-electron chi connectivity index (χ0n) is 11.7. The number of pyridine rings is 1.